The van der Waals surface area contributed by atoms with Crippen LogP contribution >= 0.6 is 15.9 Å². The van der Waals surface area contributed by atoms with Crippen LogP contribution in [0.25, 0.3) is 0 Å². The number of rotatable bonds is 5. The van der Waals surface area contributed by atoms with Gasteiger partial charge >= 0.3 is 5.97 Å². The zero-order valence-electron chi connectivity index (χ0n) is 12.2. The Balaban J connectivity index is 1.91. The summed E-state index contributed by atoms with van der Waals surface area (Å²) in [6.07, 6.45) is 0.264. The number of aromatic nitrogens is 2. The van der Waals surface area contributed by atoms with Crippen molar-refractivity contribution in [2.24, 2.45) is 0 Å². The summed E-state index contributed by atoms with van der Waals surface area (Å²) in [5.74, 6) is 0.946. The highest BCUT2D eigenvalue weighted by molar-refractivity contribution is 9.10. The molecule has 0 saturated heterocycles. The Morgan fingerprint density at radius 1 is 1.24 bits per heavy atom. The van der Waals surface area contributed by atoms with Gasteiger partial charge in [-0.1, -0.05) is 0 Å². The fourth-order valence-electron chi connectivity index (χ4n) is 1.92. The first-order valence-corrected chi connectivity index (χ1v) is 7.35. The summed E-state index contributed by atoms with van der Waals surface area (Å²) in [5.41, 5.74) is 1.92. The van der Waals surface area contributed by atoms with E-state index in [1.54, 1.807) is 36.1 Å². The van der Waals surface area contributed by atoms with Gasteiger partial charge in [-0.3, -0.25) is 9.48 Å². The zero-order valence-corrected chi connectivity index (χ0v) is 13.8. The molecule has 0 atom stereocenters. The van der Waals surface area contributed by atoms with Gasteiger partial charge in [0.15, 0.2) is 0 Å². The van der Waals surface area contributed by atoms with Gasteiger partial charge < -0.3 is 9.47 Å². The molecule has 1 heterocycles. The second-order valence-electron chi connectivity index (χ2n) is 4.61. The summed E-state index contributed by atoms with van der Waals surface area (Å²) >= 11 is 3.46. The van der Waals surface area contributed by atoms with E-state index in [0.717, 1.165) is 21.6 Å². The number of halogens is 1. The SMILES string of the molecule is COc1ccc(OC(=O)CCn2nc(C)c(Br)c2C)cc1. The summed E-state index contributed by atoms with van der Waals surface area (Å²) in [6.45, 7) is 4.37. The van der Waals surface area contributed by atoms with Crippen molar-refractivity contribution in [1.82, 2.24) is 9.78 Å². The van der Waals surface area contributed by atoms with E-state index in [4.69, 9.17) is 9.47 Å². The third-order valence-corrected chi connectivity index (χ3v) is 4.26. The van der Waals surface area contributed by atoms with Crippen molar-refractivity contribution >= 4 is 21.9 Å². The Labute approximate surface area is 132 Å². The first-order valence-electron chi connectivity index (χ1n) is 6.55. The molecule has 2 aromatic rings. The predicted molar refractivity (Wildman–Crippen MR) is 82.6 cm³/mol. The summed E-state index contributed by atoms with van der Waals surface area (Å²) in [4.78, 5) is 11.8. The number of carbonyl (C=O) groups excluding carboxylic acids is 1. The maximum Gasteiger partial charge on any atom is 0.313 e. The van der Waals surface area contributed by atoms with Crippen LogP contribution in [-0.2, 0) is 11.3 Å². The first-order chi connectivity index (χ1) is 10.0. The van der Waals surface area contributed by atoms with Crippen molar-refractivity contribution in [3.63, 3.8) is 0 Å². The maximum absolute atomic E-state index is 11.8. The zero-order chi connectivity index (χ0) is 15.4. The molecule has 1 aromatic carbocycles. The van der Waals surface area contributed by atoms with Gasteiger partial charge in [-0.05, 0) is 54.0 Å². The lowest BCUT2D eigenvalue weighted by molar-refractivity contribution is -0.134. The lowest BCUT2D eigenvalue weighted by Crippen LogP contribution is -2.13. The molecule has 0 unspecified atom stereocenters. The highest BCUT2D eigenvalue weighted by Crippen LogP contribution is 2.20. The van der Waals surface area contributed by atoms with Crippen LogP contribution in [0.15, 0.2) is 28.7 Å². The molecule has 2 rings (SSSR count). The molecule has 1 aromatic heterocycles. The second kappa shape index (κ2) is 6.76. The number of nitrogens with zero attached hydrogens (tertiary/aromatic N) is 2. The van der Waals surface area contributed by atoms with E-state index < -0.39 is 0 Å². The molecule has 0 bridgehead atoms. The molecule has 0 amide bonds. The van der Waals surface area contributed by atoms with Gasteiger partial charge in [0, 0.05) is 5.69 Å². The molecule has 21 heavy (non-hydrogen) atoms. The van der Waals surface area contributed by atoms with E-state index in [2.05, 4.69) is 21.0 Å². The Bertz CT molecular complexity index is 635. The van der Waals surface area contributed by atoms with Gasteiger partial charge in [0.1, 0.15) is 11.5 Å². The van der Waals surface area contributed by atoms with Gasteiger partial charge in [-0.15, -0.1) is 0 Å². The number of aryl methyl sites for hydroxylation is 2. The second-order valence-corrected chi connectivity index (χ2v) is 5.40. The van der Waals surface area contributed by atoms with Crippen molar-refractivity contribution in [2.45, 2.75) is 26.8 Å². The van der Waals surface area contributed by atoms with Crippen molar-refractivity contribution in [3.05, 3.63) is 40.1 Å². The fourth-order valence-corrected chi connectivity index (χ4v) is 2.20. The Kier molecular flexibility index (Phi) is 5.01. The number of methoxy groups -OCH3 is 1. The number of ether oxygens (including phenoxy) is 2. The van der Waals surface area contributed by atoms with E-state index >= 15 is 0 Å². The molecule has 0 N–H and O–H groups in total. The molecule has 112 valence electrons. The lowest BCUT2D eigenvalue weighted by atomic mass is 10.3. The van der Waals surface area contributed by atoms with Crippen LogP contribution < -0.4 is 9.47 Å². The minimum absolute atomic E-state index is 0.264. The Morgan fingerprint density at radius 3 is 2.38 bits per heavy atom. The average molecular weight is 353 g/mol. The number of hydrogen-bond acceptors (Lipinski definition) is 4. The molecule has 5 nitrogen and oxygen atoms in total. The van der Waals surface area contributed by atoms with Gasteiger partial charge in [-0.25, -0.2) is 0 Å². The predicted octanol–water partition coefficient (Wildman–Crippen LogP) is 3.27. The minimum Gasteiger partial charge on any atom is -0.497 e. The third-order valence-electron chi connectivity index (χ3n) is 3.11. The van der Waals surface area contributed by atoms with Crippen molar-refractivity contribution < 1.29 is 14.3 Å². The fraction of sp³-hybridized carbons (Fsp3) is 0.333. The molecule has 0 radical (unpaired) electrons. The first kappa shape index (κ1) is 15.6. The topological polar surface area (TPSA) is 53.4 Å². The van der Waals surface area contributed by atoms with Crippen LogP contribution in [0.1, 0.15) is 17.8 Å². The van der Waals surface area contributed by atoms with E-state index in [1.807, 2.05) is 13.8 Å². The van der Waals surface area contributed by atoms with E-state index in [-0.39, 0.29) is 12.4 Å². The normalized spacial score (nSPS) is 10.5. The number of esters is 1. The van der Waals surface area contributed by atoms with Crippen LogP contribution in [0, 0.1) is 13.8 Å². The van der Waals surface area contributed by atoms with Crippen LogP contribution in [-0.4, -0.2) is 22.9 Å². The highest BCUT2D eigenvalue weighted by atomic mass is 79.9. The number of benzene rings is 1. The molecule has 6 heteroatoms. The van der Waals surface area contributed by atoms with Crippen molar-refractivity contribution in [3.8, 4) is 11.5 Å². The molecule has 0 aliphatic rings. The molecule has 0 saturated carbocycles. The van der Waals surface area contributed by atoms with Gasteiger partial charge in [-0.2, -0.15) is 5.10 Å². The van der Waals surface area contributed by atoms with Crippen LogP contribution in [0.3, 0.4) is 0 Å². The minimum atomic E-state index is -0.288. The molecule has 0 fully saturated rings. The van der Waals surface area contributed by atoms with E-state index in [1.165, 1.54) is 0 Å². The van der Waals surface area contributed by atoms with E-state index in [0.29, 0.717) is 12.3 Å². The van der Waals surface area contributed by atoms with Crippen LogP contribution in [0.4, 0.5) is 0 Å². The summed E-state index contributed by atoms with van der Waals surface area (Å²) in [6, 6.07) is 6.91. The monoisotopic (exact) mass is 352 g/mol. The highest BCUT2D eigenvalue weighted by Gasteiger charge is 2.11. The number of carbonyl (C=O) groups is 1. The summed E-state index contributed by atoms with van der Waals surface area (Å²) < 4.78 is 13.1. The van der Waals surface area contributed by atoms with Gasteiger partial charge in [0.25, 0.3) is 0 Å². The Morgan fingerprint density at radius 2 is 1.86 bits per heavy atom. The van der Waals surface area contributed by atoms with Crippen LogP contribution in [0.5, 0.6) is 11.5 Å². The van der Waals surface area contributed by atoms with Crippen LogP contribution in [0.2, 0.25) is 0 Å². The third kappa shape index (κ3) is 3.85. The molecule has 0 aliphatic carbocycles. The molecule has 0 aliphatic heterocycles. The number of hydrogen-bond donors (Lipinski definition) is 0. The maximum atomic E-state index is 11.8. The van der Waals surface area contributed by atoms with Crippen molar-refractivity contribution in [1.29, 1.82) is 0 Å². The largest absolute Gasteiger partial charge is 0.497 e. The molecular weight excluding hydrogens is 336 g/mol. The standard InChI is InChI=1S/C15H17BrN2O3/c1-10-15(16)11(2)18(17-10)9-8-14(19)21-13-6-4-12(20-3)5-7-13/h4-7H,8-9H2,1-3H3. The van der Waals surface area contributed by atoms with E-state index in [9.17, 15) is 4.79 Å². The summed E-state index contributed by atoms with van der Waals surface area (Å²) in [7, 11) is 1.59. The smallest absolute Gasteiger partial charge is 0.313 e. The summed E-state index contributed by atoms with van der Waals surface area (Å²) in [5, 5.41) is 4.36. The van der Waals surface area contributed by atoms with Gasteiger partial charge in [0.05, 0.1) is 30.2 Å². The Hall–Kier alpha value is -1.82. The average Bonchev–Trinajstić information content (AvgIpc) is 2.73. The van der Waals surface area contributed by atoms with Gasteiger partial charge in [0.2, 0.25) is 0 Å². The quantitative estimate of drug-likeness (QED) is 0.612. The van der Waals surface area contributed by atoms with Crippen molar-refractivity contribution in [2.75, 3.05) is 7.11 Å². The molecular formula is C15H17BrN2O3. The molecule has 0 spiro atoms. The lowest BCUT2D eigenvalue weighted by Gasteiger charge is -2.06.